The third-order valence-electron chi connectivity index (χ3n) is 2.53. The summed E-state index contributed by atoms with van der Waals surface area (Å²) in [4.78, 5) is 13.7. The predicted octanol–water partition coefficient (Wildman–Crippen LogP) is 1.15. The highest BCUT2D eigenvalue weighted by Crippen LogP contribution is 2.15. The maximum atomic E-state index is 12.1. The van der Waals surface area contributed by atoms with Crippen molar-refractivity contribution in [1.82, 2.24) is 4.90 Å². The standard InChI is InChI=1S/C13H23NO6S/c1-13(2,3)20-12(15)14-7-9-18-10-11(14)6-5-8-19-21(4,16)17/h5-6,11H,7-10H2,1-4H3/b6-5+/t11-/m1/s1. The van der Waals surface area contributed by atoms with E-state index in [1.807, 2.05) is 0 Å². The molecule has 0 aromatic rings. The third kappa shape index (κ3) is 7.45. The molecule has 21 heavy (non-hydrogen) atoms. The van der Waals surface area contributed by atoms with Gasteiger partial charge in [-0.25, -0.2) is 4.79 Å². The molecule has 0 aromatic carbocycles. The molecule has 0 radical (unpaired) electrons. The van der Waals surface area contributed by atoms with Crippen LogP contribution < -0.4 is 0 Å². The molecule has 0 aromatic heterocycles. The monoisotopic (exact) mass is 321 g/mol. The molecule has 0 saturated carbocycles. The minimum Gasteiger partial charge on any atom is -0.444 e. The van der Waals surface area contributed by atoms with Gasteiger partial charge in [0.25, 0.3) is 10.1 Å². The molecule has 0 bridgehead atoms. The van der Waals surface area contributed by atoms with E-state index in [0.29, 0.717) is 19.8 Å². The van der Waals surface area contributed by atoms with Gasteiger partial charge in [0.05, 0.1) is 32.1 Å². The average molecular weight is 321 g/mol. The summed E-state index contributed by atoms with van der Waals surface area (Å²) in [6, 6.07) is -0.295. The van der Waals surface area contributed by atoms with Crippen molar-refractivity contribution in [2.45, 2.75) is 32.4 Å². The first-order chi connectivity index (χ1) is 9.58. The lowest BCUT2D eigenvalue weighted by atomic mass is 10.2. The highest BCUT2D eigenvalue weighted by Gasteiger charge is 2.29. The van der Waals surface area contributed by atoms with Gasteiger partial charge in [0.1, 0.15) is 5.60 Å². The quantitative estimate of drug-likeness (QED) is 0.571. The lowest BCUT2D eigenvalue weighted by Gasteiger charge is -2.35. The van der Waals surface area contributed by atoms with Crippen molar-refractivity contribution in [1.29, 1.82) is 0 Å². The predicted molar refractivity (Wildman–Crippen MR) is 77.5 cm³/mol. The van der Waals surface area contributed by atoms with Gasteiger partial charge in [-0.05, 0) is 20.8 Å². The molecule has 1 atom stereocenters. The third-order valence-corrected chi connectivity index (χ3v) is 3.09. The van der Waals surface area contributed by atoms with Gasteiger partial charge in [-0.1, -0.05) is 12.2 Å². The number of nitrogens with zero attached hydrogens (tertiary/aromatic N) is 1. The number of carbonyl (C=O) groups excluding carboxylic acids is 1. The van der Waals surface area contributed by atoms with Gasteiger partial charge in [-0.2, -0.15) is 8.42 Å². The first-order valence-corrected chi connectivity index (χ1v) is 8.48. The zero-order valence-corrected chi connectivity index (χ0v) is 13.7. The number of hydrogen-bond acceptors (Lipinski definition) is 6. The average Bonchev–Trinajstić information content (AvgIpc) is 2.32. The summed E-state index contributed by atoms with van der Waals surface area (Å²) in [5, 5.41) is 0. The Labute approximate surface area is 126 Å². The van der Waals surface area contributed by atoms with Crippen LogP contribution in [0.5, 0.6) is 0 Å². The molecular formula is C13H23NO6S. The number of carbonyl (C=O) groups is 1. The summed E-state index contributed by atoms with van der Waals surface area (Å²) >= 11 is 0. The zero-order chi connectivity index (χ0) is 16.1. The Morgan fingerprint density at radius 3 is 2.67 bits per heavy atom. The highest BCUT2D eigenvalue weighted by atomic mass is 32.2. The topological polar surface area (TPSA) is 82.1 Å². The lowest BCUT2D eigenvalue weighted by Crippen LogP contribution is -2.49. The molecule has 1 heterocycles. The fraction of sp³-hybridized carbons (Fsp3) is 0.769. The Bertz CT molecular complexity index is 479. The molecule has 1 amide bonds. The number of morpholine rings is 1. The summed E-state index contributed by atoms with van der Waals surface area (Å²) in [7, 11) is -3.47. The van der Waals surface area contributed by atoms with Crippen LogP contribution in [0.3, 0.4) is 0 Å². The van der Waals surface area contributed by atoms with Gasteiger partial charge in [0, 0.05) is 6.54 Å². The number of hydrogen-bond donors (Lipinski definition) is 0. The van der Waals surface area contributed by atoms with Crippen LogP contribution in [0, 0.1) is 0 Å². The van der Waals surface area contributed by atoms with Crippen LogP contribution in [0.2, 0.25) is 0 Å². The summed E-state index contributed by atoms with van der Waals surface area (Å²) in [5.74, 6) is 0. The van der Waals surface area contributed by atoms with E-state index in [2.05, 4.69) is 4.18 Å². The van der Waals surface area contributed by atoms with E-state index in [9.17, 15) is 13.2 Å². The van der Waals surface area contributed by atoms with E-state index in [1.165, 1.54) is 0 Å². The minimum absolute atomic E-state index is 0.0719. The van der Waals surface area contributed by atoms with E-state index in [4.69, 9.17) is 9.47 Å². The van der Waals surface area contributed by atoms with Crippen LogP contribution in [0.4, 0.5) is 4.79 Å². The largest absolute Gasteiger partial charge is 0.444 e. The highest BCUT2D eigenvalue weighted by molar-refractivity contribution is 7.85. The molecule has 0 N–H and O–H groups in total. The molecule has 7 nitrogen and oxygen atoms in total. The SMILES string of the molecule is CC(C)(C)OC(=O)N1CCOC[C@H]1/C=C/COS(C)(=O)=O. The van der Waals surface area contributed by atoms with Gasteiger partial charge in [-0.3, -0.25) is 9.08 Å². The Hall–Kier alpha value is -1.12. The smallest absolute Gasteiger partial charge is 0.410 e. The first-order valence-electron chi connectivity index (χ1n) is 6.67. The Balaban J connectivity index is 2.61. The summed E-state index contributed by atoms with van der Waals surface area (Å²) < 4.78 is 37.0. The molecule has 0 spiro atoms. The van der Waals surface area contributed by atoms with E-state index >= 15 is 0 Å². The molecule has 1 fully saturated rings. The van der Waals surface area contributed by atoms with E-state index in [1.54, 1.807) is 37.8 Å². The molecule has 8 heteroatoms. The minimum atomic E-state index is -3.47. The normalized spacial score (nSPS) is 20.8. The van der Waals surface area contributed by atoms with E-state index in [0.717, 1.165) is 6.26 Å². The fourth-order valence-electron chi connectivity index (χ4n) is 1.70. The zero-order valence-electron chi connectivity index (χ0n) is 12.9. The van der Waals surface area contributed by atoms with Crippen LogP contribution in [-0.4, -0.2) is 63.7 Å². The number of rotatable bonds is 4. The number of amides is 1. The molecule has 1 aliphatic heterocycles. The molecule has 1 saturated heterocycles. The molecule has 0 unspecified atom stereocenters. The second-order valence-electron chi connectivity index (χ2n) is 5.73. The maximum Gasteiger partial charge on any atom is 0.410 e. The molecule has 1 aliphatic rings. The Morgan fingerprint density at radius 1 is 1.43 bits per heavy atom. The van der Waals surface area contributed by atoms with Gasteiger partial charge in [0.2, 0.25) is 0 Å². The van der Waals surface area contributed by atoms with Gasteiger partial charge < -0.3 is 9.47 Å². The van der Waals surface area contributed by atoms with Crippen molar-refractivity contribution in [3.05, 3.63) is 12.2 Å². The van der Waals surface area contributed by atoms with Crippen molar-refractivity contribution < 1.29 is 26.9 Å². The Morgan fingerprint density at radius 2 is 2.10 bits per heavy atom. The molecule has 0 aliphatic carbocycles. The van der Waals surface area contributed by atoms with Gasteiger partial charge in [0.15, 0.2) is 0 Å². The van der Waals surface area contributed by atoms with E-state index in [-0.39, 0.29) is 12.6 Å². The van der Waals surface area contributed by atoms with Crippen molar-refractivity contribution in [2.75, 3.05) is 32.6 Å². The fourth-order valence-corrected chi connectivity index (χ4v) is 2.03. The summed E-state index contributed by atoms with van der Waals surface area (Å²) in [6.07, 6.45) is 3.81. The first kappa shape index (κ1) is 17.9. The molecule has 122 valence electrons. The van der Waals surface area contributed by atoms with Crippen molar-refractivity contribution in [2.24, 2.45) is 0 Å². The Kier molecular flexibility index (Phi) is 6.18. The van der Waals surface area contributed by atoms with Crippen LogP contribution in [0.25, 0.3) is 0 Å². The number of ether oxygens (including phenoxy) is 2. The van der Waals surface area contributed by atoms with Gasteiger partial charge in [-0.15, -0.1) is 0 Å². The van der Waals surface area contributed by atoms with Gasteiger partial charge >= 0.3 is 6.09 Å². The summed E-state index contributed by atoms with van der Waals surface area (Å²) in [5.41, 5.74) is -0.566. The van der Waals surface area contributed by atoms with Crippen LogP contribution in [-0.2, 0) is 23.8 Å². The molecular weight excluding hydrogens is 298 g/mol. The maximum absolute atomic E-state index is 12.1. The summed E-state index contributed by atoms with van der Waals surface area (Å²) in [6.45, 7) is 6.55. The second-order valence-corrected chi connectivity index (χ2v) is 7.38. The van der Waals surface area contributed by atoms with Crippen LogP contribution in [0.15, 0.2) is 12.2 Å². The lowest BCUT2D eigenvalue weighted by molar-refractivity contribution is -0.0218. The molecule has 1 rings (SSSR count). The van der Waals surface area contributed by atoms with Crippen molar-refractivity contribution in [3.8, 4) is 0 Å². The van der Waals surface area contributed by atoms with Crippen molar-refractivity contribution >= 4 is 16.2 Å². The van der Waals surface area contributed by atoms with Crippen LogP contribution in [0.1, 0.15) is 20.8 Å². The van der Waals surface area contributed by atoms with E-state index < -0.39 is 21.8 Å². The van der Waals surface area contributed by atoms with Crippen molar-refractivity contribution in [3.63, 3.8) is 0 Å². The second kappa shape index (κ2) is 7.24. The van der Waals surface area contributed by atoms with Crippen LogP contribution >= 0.6 is 0 Å².